The van der Waals surface area contributed by atoms with Crippen LogP contribution in [0.4, 0.5) is 17.1 Å². The lowest BCUT2D eigenvalue weighted by molar-refractivity contribution is 0.669. The molecule has 0 fully saturated rings. The Balaban J connectivity index is 1.04. The van der Waals surface area contributed by atoms with Crippen molar-refractivity contribution < 1.29 is 4.42 Å². The minimum atomic E-state index is 0.906. The molecule has 11 rings (SSSR count). The molecule has 0 saturated carbocycles. The quantitative estimate of drug-likeness (QED) is 0.153. The van der Waals surface area contributed by atoms with Crippen LogP contribution >= 0.6 is 0 Å². The number of benzene rings is 10. The third-order valence-electron chi connectivity index (χ3n) is 11.7. The summed E-state index contributed by atoms with van der Waals surface area (Å²) in [5.74, 6) is 0. The molecule has 0 bridgehead atoms. The Labute approximate surface area is 349 Å². The van der Waals surface area contributed by atoms with Gasteiger partial charge in [-0.3, -0.25) is 0 Å². The molecule has 0 aliphatic carbocycles. The molecule has 1 aromatic heterocycles. The van der Waals surface area contributed by atoms with E-state index in [4.69, 9.17) is 4.42 Å². The standard InChI is InChI=1S/C58H39NO/c1-4-15-40(16-5-1)42-27-32-48(33-28-42)59(55-25-12-10-23-50(55)47-22-14-21-45(37-47)41-17-6-2-7-18-41)49-34-29-43(30-35-49)46-31-36-51-54(38-46)53(44-19-8-3-9-20-44)39-57-58(51)52-24-11-13-26-56(52)60-57/h1-39H. The summed E-state index contributed by atoms with van der Waals surface area (Å²) in [7, 11) is 0. The van der Waals surface area contributed by atoms with Crippen molar-refractivity contribution in [3.8, 4) is 55.6 Å². The van der Waals surface area contributed by atoms with Crippen molar-refractivity contribution in [2.24, 2.45) is 0 Å². The first-order valence-electron chi connectivity index (χ1n) is 20.5. The van der Waals surface area contributed by atoms with Gasteiger partial charge < -0.3 is 9.32 Å². The lowest BCUT2D eigenvalue weighted by Gasteiger charge is -2.28. The number of hydrogen-bond donors (Lipinski definition) is 0. The van der Waals surface area contributed by atoms with Gasteiger partial charge in [0, 0.05) is 27.7 Å². The van der Waals surface area contributed by atoms with E-state index in [1.807, 2.05) is 6.07 Å². The highest BCUT2D eigenvalue weighted by molar-refractivity contribution is 6.22. The van der Waals surface area contributed by atoms with Gasteiger partial charge in [-0.15, -0.1) is 0 Å². The number of furan rings is 1. The highest BCUT2D eigenvalue weighted by atomic mass is 16.3. The molecular formula is C58H39NO. The second-order valence-corrected chi connectivity index (χ2v) is 15.3. The molecule has 2 nitrogen and oxygen atoms in total. The maximum atomic E-state index is 6.43. The van der Waals surface area contributed by atoms with E-state index in [1.54, 1.807) is 0 Å². The number of fused-ring (bicyclic) bond motifs is 5. The SMILES string of the molecule is c1ccc(-c2ccc(N(c3ccc(-c4ccc5c(c4)c(-c4ccccc4)cc4oc6ccccc6c45)cc3)c3ccccc3-c3cccc(-c4ccccc4)c3)cc2)cc1. The molecule has 0 aliphatic heterocycles. The Bertz CT molecular complexity index is 3280. The van der Waals surface area contributed by atoms with Crippen molar-refractivity contribution in [3.05, 3.63) is 237 Å². The van der Waals surface area contributed by atoms with Crippen LogP contribution in [0, 0.1) is 0 Å². The van der Waals surface area contributed by atoms with Crippen LogP contribution in [-0.4, -0.2) is 0 Å². The van der Waals surface area contributed by atoms with Gasteiger partial charge in [-0.05, 0) is 115 Å². The van der Waals surface area contributed by atoms with Gasteiger partial charge in [0.1, 0.15) is 11.2 Å². The minimum absolute atomic E-state index is 0.906. The largest absolute Gasteiger partial charge is 0.456 e. The highest BCUT2D eigenvalue weighted by Crippen LogP contribution is 2.44. The van der Waals surface area contributed by atoms with Crippen LogP contribution in [0.5, 0.6) is 0 Å². The van der Waals surface area contributed by atoms with Crippen LogP contribution in [0.2, 0.25) is 0 Å². The third-order valence-corrected chi connectivity index (χ3v) is 11.7. The molecule has 10 aromatic carbocycles. The Morgan fingerprint density at radius 3 is 1.47 bits per heavy atom. The van der Waals surface area contributed by atoms with Gasteiger partial charge in [-0.25, -0.2) is 0 Å². The Morgan fingerprint density at radius 2 is 0.767 bits per heavy atom. The predicted octanol–water partition coefficient (Wildman–Crippen LogP) is 16.5. The number of para-hydroxylation sites is 2. The highest BCUT2D eigenvalue weighted by Gasteiger charge is 2.19. The molecular weight excluding hydrogens is 727 g/mol. The first-order chi connectivity index (χ1) is 29.7. The zero-order chi connectivity index (χ0) is 39.8. The second kappa shape index (κ2) is 15.1. The number of nitrogens with zero attached hydrogens (tertiary/aromatic N) is 1. The van der Waals surface area contributed by atoms with Gasteiger partial charge in [0.2, 0.25) is 0 Å². The maximum Gasteiger partial charge on any atom is 0.136 e. The lowest BCUT2D eigenvalue weighted by Crippen LogP contribution is -2.11. The Morgan fingerprint density at radius 1 is 0.267 bits per heavy atom. The summed E-state index contributed by atoms with van der Waals surface area (Å²) in [6.45, 7) is 0. The summed E-state index contributed by atoms with van der Waals surface area (Å²) in [6, 6.07) is 84.8. The Hall–Kier alpha value is -7.94. The van der Waals surface area contributed by atoms with E-state index in [-0.39, 0.29) is 0 Å². The molecule has 0 amide bonds. The minimum Gasteiger partial charge on any atom is -0.456 e. The normalized spacial score (nSPS) is 11.3. The molecule has 0 saturated heterocycles. The van der Waals surface area contributed by atoms with Crippen molar-refractivity contribution >= 4 is 49.8 Å². The number of hydrogen-bond acceptors (Lipinski definition) is 2. The number of anilines is 3. The van der Waals surface area contributed by atoms with Gasteiger partial charge >= 0.3 is 0 Å². The zero-order valence-corrected chi connectivity index (χ0v) is 32.9. The van der Waals surface area contributed by atoms with Crippen LogP contribution in [0.15, 0.2) is 241 Å². The lowest BCUT2D eigenvalue weighted by atomic mass is 9.92. The van der Waals surface area contributed by atoms with Crippen LogP contribution in [0.25, 0.3) is 88.3 Å². The van der Waals surface area contributed by atoms with Crippen LogP contribution in [0.1, 0.15) is 0 Å². The molecule has 282 valence electrons. The fraction of sp³-hybridized carbons (Fsp3) is 0. The fourth-order valence-electron chi connectivity index (χ4n) is 8.75. The van der Waals surface area contributed by atoms with Crippen molar-refractivity contribution in [2.75, 3.05) is 4.90 Å². The van der Waals surface area contributed by atoms with E-state index in [1.165, 1.54) is 44.2 Å². The maximum absolute atomic E-state index is 6.43. The van der Waals surface area contributed by atoms with Gasteiger partial charge in [0.15, 0.2) is 0 Å². The zero-order valence-electron chi connectivity index (χ0n) is 32.9. The second-order valence-electron chi connectivity index (χ2n) is 15.3. The topological polar surface area (TPSA) is 16.4 Å². The predicted molar refractivity (Wildman–Crippen MR) is 253 cm³/mol. The molecule has 0 N–H and O–H groups in total. The van der Waals surface area contributed by atoms with E-state index < -0.39 is 0 Å². The van der Waals surface area contributed by atoms with E-state index in [9.17, 15) is 0 Å². The molecule has 1 heterocycles. The molecule has 11 aromatic rings. The van der Waals surface area contributed by atoms with Crippen LogP contribution < -0.4 is 4.90 Å². The van der Waals surface area contributed by atoms with Crippen molar-refractivity contribution in [3.63, 3.8) is 0 Å². The summed E-state index contributed by atoms with van der Waals surface area (Å²) in [5, 5.41) is 4.69. The summed E-state index contributed by atoms with van der Waals surface area (Å²) < 4.78 is 6.43. The van der Waals surface area contributed by atoms with E-state index in [2.05, 4.69) is 235 Å². The van der Waals surface area contributed by atoms with Crippen molar-refractivity contribution in [2.45, 2.75) is 0 Å². The first kappa shape index (κ1) is 35.2. The van der Waals surface area contributed by atoms with Gasteiger partial charge in [0.05, 0.1) is 5.69 Å². The van der Waals surface area contributed by atoms with Crippen LogP contribution in [0.3, 0.4) is 0 Å². The molecule has 60 heavy (non-hydrogen) atoms. The Kier molecular flexibility index (Phi) is 8.87. The van der Waals surface area contributed by atoms with E-state index in [0.717, 1.165) is 61.3 Å². The van der Waals surface area contributed by atoms with Gasteiger partial charge in [-0.1, -0.05) is 182 Å². The van der Waals surface area contributed by atoms with Gasteiger partial charge in [0.25, 0.3) is 0 Å². The first-order valence-corrected chi connectivity index (χ1v) is 20.5. The fourth-order valence-corrected chi connectivity index (χ4v) is 8.75. The van der Waals surface area contributed by atoms with Crippen molar-refractivity contribution in [1.82, 2.24) is 0 Å². The molecule has 0 radical (unpaired) electrons. The average molecular weight is 766 g/mol. The summed E-state index contributed by atoms with van der Waals surface area (Å²) in [4.78, 5) is 2.39. The van der Waals surface area contributed by atoms with Gasteiger partial charge in [-0.2, -0.15) is 0 Å². The van der Waals surface area contributed by atoms with Crippen LogP contribution in [-0.2, 0) is 0 Å². The monoisotopic (exact) mass is 765 g/mol. The van der Waals surface area contributed by atoms with E-state index in [0.29, 0.717) is 0 Å². The summed E-state index contributed by atoms with van der Waals surface area (Å²) in [6.07, 6.45) is 0. The number of rotatable bonds is 8. The molecule has 0 atom stereocenters. The average Bonchev–Trinajstić information content (AvgIpc) is 3.71. The molecule has 0 aliphatic rings. The molecule has 0 spiro atoms. The smallest absolute Gasteiger partial charge is 0.136 e. The molecule has 0 unspecified atom stereocenters. The molecule has 2 heteroatoms. The van der Waals surface area contributed by atoms with Crippen molar-refractivity contribution in [1.29, 1.82) is 0 Å². The summed E-state index contributed by atoms with van der Waals surface area (Å²) >= 11 is 0. The van der Waals surface area contributed by atoms with E-state index >= 15 is 0 Å². The third kappa shape index (κ3) is 6.41. The summed E-state index contributed by atoms with van der Waals surface area (Å²) in [5.41, 5.74) is 16.8.